The molecule has 0 atom stereocenters. The number of rotatable bonds is 9. The van der Waals surface area contributed by atoms with Gasteiger partial charge in [0, 0.05) is 26.7 Å². The maximum absolute atomic E-state index is 12.0. The lowest BCUT2D eigenvalue weighted by atomic mass is 10.2. The fourth-order valence-electron chi connectivity index (χ4n) is 1.59. The molecule has 0 amide bonds. The molecule has 0 heterocycles. The van der Waals surface area contributed by atoms with Gasteiger partial charge in [-0.1, -0.05) is 19.1 Å². The fraction of sp³-hybridized carbons (Fsp3) is 0.538. The van der Waals surface area contributed by atoms with Crippen LogP contribution in [-0.2, 0) is 21.2 Å². The summed E-state index contributed by atoms with van der Waals surface area (Å²) in [6, 6.07) is 7.01. The summed E-state index contributed by atoms with van der Waals surface area (Å²) < 4.78 is 31.5. The number of hydrogen-bond donors (Lipinski definition) is 2. The minimum absolute atomic E-state index is 0.323. The zero-order valence-electron chi connectivity index (χ0n) is 11.5. The maximum atomic E-state index is 12.0. The Morgan fingerprint density at radius 1 is 1.21 bits per heavy atom. The van der Waals surface area contributed by atoms with E-state index in [0.29, 0.717) is 31.1 Å². The quantitative estimate of drug-likeness (QED) is 0.658. The van der Waals surface area contributed by atoms with E-state index < -0.39 is 10.0 Å². The Morgan fingerprint density at radius 2 is 2.00 bits per heavy atom. The van der Waals surface area contributed by atoms with Crippen LogP contribution in [0.5, 0.6) is 0 Å². The number of sulfonamides is 1. The molecule has 6 heteroatoms. The molecule has 108 valence electrons. The normalized spacial score (nSPS) is 11.7. The molecule has 0 spiro atoms. The van der Waals surface area contributed by atoms with Gasteiger partial charge in [-0.05, 0) is 24.1 Å². The molecular formula is C13H22N2O3S. The van der Waals surface area contributed by atoms with Gasteiger partial charge < -0.3 is 10.1 Å². The van der Waals surface area contributed by atoms with Crippen LogP contribution < -0.4 is 10.0 Å². The van der Waals surface area contributed by atoms with Crippen LogP contribution in [0.25, 0.3) is 0 Å². The number of ether oxygens (including phenoxy) is 1. The van der Waals surface area contributed by atoms with Crippen LogP contribution in [0.2, 0.25) is 0 Å². The Hall–Kier alpha value is -0.950. The van der Waals surface area contributed by atoms with E-state index in [1.807, 2.05) is 13.0 Å². The molecule has 0 unspecified atom stereocenters. The Balaban J connectivity index is 2.46. The number of hydrogen-bond acceptors (Lipinski definition) is 4. The van der Waals surface area contributed by atoms with E-state index >= 15 is 0 Å². The van der Waals surface area contributed by atoms with Crippen LogP contribution in [-0.4, -0.2) is 41.8 Å². The van der Waals surface area contributed by atoms with Crippen LogP contribution in [0.15, 0.2) is 29.2 Å². The number of nitrogens with one attached hydrogen (secondary N) is 2. The standard InChI is InChI=1S/C13H22N2O3S/c1-3-12-5-4-6-13(11-12)19(16,17)15-8-7-14-9-10-18-2/h4-6,11,14-15H,3,7-10H2,1-2H3. The van der Waals surface area contributed by atoms with Crippen LogP contribution in [0.4, 0.5) is 0 Å². The summed E-state index contributed by atoms with van der Waals surface area (Å²) in [6.07, 6.45) is 0.821. The molecule has 2 N–H and O–H groups in total. The van der Waals surface area contributed by atoms with Crippen molar-refractivity contribution < 1.29 is 13.2 Å². The van der Waals surface area contributed by atoms with Gasteiger partial charge in [0.05, 0.1) is 11.5 Å². The second kappa shape index (κ2) is 8.27. The molecule has 0 aliphatic rings. The van der Waals surface area contributed by atoms with Gasteiger partial charge in [-0.2, -0.15) is 0 Å². The second-order valence-electron chi connectivity index (χ2n) is 4.14. The van der Waals surface area contributed by atoms with E-state index in [2.05, 4.69) is 10.0 Å². The van der Waals surface area contributed by atoms with E-state index in [4.69, 9.17) is 4.74 Å². The molecule has 0 aromatic heterocycles. The molecule has 0 aliphatic carbocycles. The molecule has 1 rings (SSSR count). The van der Waals surface area contributed by atoms with Crippen LogP contribution in [0.3, 0.4) is 0 Å². The average Bonchev–Trinajstić information content (AvgIpc) is 2.43. The SMILES string of the molecule is CCc1cccc(S(=O)(=O)NCCNCCOC)c1. The molecule has 0 bridgehead atoms. The Labute approximate surface area is 115 Å². The summed E-state index contributed by atoms with van der Waals surface area (Å²) in [5, 5.41) is 3.08. The molecule has 19 heavy (non-hydrogen) atoms. The van der Waals surface area contributed by atoms with Crippen molar-refractivity contribution in [1.29, 1.82) is 0 Å². The predicted octanol–water partition coefficient (Wildman–Crippen LogP) is 0.763. The minimum Gasteiger partial charge on any atom is -0.383 e. The van der Waals surface area contributed by atoms with Crippen molar-refractivity contribution >= 4 is 10.0 Å². The topological polar surface area (TPSA) is 67.4 Å². The molecule has 1 aromatic rings. The number of methoxy groups -OCH3 is 1. The second-order valence-corrected chi connectivity index (χ2v) is 5.91. The summed E-state index contributed by atoms with van der Waals surface area (Å²) in [5.74, 6) is 0. The van der Waals surface area contributed by atoms with Crippen molar-refractivity contribution in [3.8, 4) is 0 Å². The summed E-state index contributed by atoms with van der Waals surface area (Å²) in [7, 11) is -1.78. The van der Waals surface area contributed by atoms with E-state index in [-0.39, 0.29) is 0 Å². The van der Waals surface area contributed by atoms with Gasteiger partial charge >= 0.3 is 0 Å². The smallest absolute Gasteiger partial charge is 0.240 e. The third-order valence-electron chi connectivity index (χ3n) is 2.69. The number of aryl methyl sites for hydroxylation is 1. The third kappa shape index (κ3) is 5.69. The van der Waals surface area contributed by atoms with Gasteiger partial charge in [0.2, 0.25) is 10.0 Å². The first-order chi connectivity index (χ1) is 9.10. The first-order valence-corrected chi connectivity index (χ1v) is 7.86. The minimum atomic E-state index is -3.41. The largest absolute Gasteiger partial charge is 0.383 e. The Morgan fingerprint density at radius 3 is 2.68 bits per heavy atom. The van der Waals surface area contributed by atoms with Crippen molar-refractivity contribution in [2.75, 3.05) is 33.4 Å². The highest BCUT2D eigenvalue weighted by Crippen LogP contribution is 2.11. The maximum Gasteiger partial charge on any atom is 0.240 e. The Bertz CT molecular complexity index is 475. The first kappa shape index (κ1) is 16.1. The molecule has 0 saturated carbocycles. The zero-order valence-corrected chi connectivity index (χ0v) is 12.3. The lowest BCUT2D eigenvalue weighted by molar-refractivity contribution is 0.199. The molecule has 5 nitrogen and oxygen atoms in total. The van der Waals surface area contributed by atoms with Gasteiger partial charge in [-0.25, -0.2) is 13.1 Å². The lowest BCUT2D eigenvalue weighted by Crippen LogP contribution is -2.33. The first-order valence-electron chi connectivity index (χ1n) is 6.38. The zero-order chi connectivity index (χ0) is 14.1. The van der Waals surface area contributed by atoms with Crippen molar-refractivity contribution in [3.63, 3.8) is 0 Å². The van der Waals surface area contributed by atoms with Crippen LogP contribution >= 0.6 is 0 Å². The molecule has 0 aliphatic heterocycles. The van der Waals surface area contributed by atoms with Crippen molar-refractivity contribution in [2.24, 2.45) is 0 Å². The Kier molecular flexibility index (Phi) is 7.01. The highest BCUT2D eigenvalue weighted by Gasteiger charge is 2.12. The molecular weight excluding hydrogens is 264 g/mol. The number of benzene rings is 1. The highest BCUT2D eigenvalue weighted by atomic mass is 32.2. The van der Waals surface area contributed by atoms with Crippen LogP contribution in [0.1, 0.15) is 12.5 Å². The third-order valence-corrected chi connectivity index (χ3v) is 4.15. The van der Waals surface area contributed by atoms with E-state index in [9.17, 15) is 8.42 Å². The van der Waals surface area contributed by atoms with E-state index in [1.165, 1.54) is 0 Å². The van der Waals surface area contributed by atoms with Crippen molar-refractivity contribution in [1.82, 2.24) is 10.0 Å². The molecule has 1 aromatic carbocycles. The lowest BCUT2D eigenvalue weighted by Gasteiger charge is -2.08. The van der Waals surface area contributed by atoms with E-state index in [1.54, 1.807) is 25.3 Å². The molecule has 0 saturated heterocycles. The van der Waals surface area contributed by atoms with Crippen molar-refractivity contribution in [2.45, 2.75) is 18.2 Å². The van der Waals surface area contributed by atoms with Crippen molar-refractivity contribution in [3.05, 3.63) is 29.8 Å². The molecule has 0 fully saturated rings. The van der Waals surface area contributed by atoms with Gasteiger partial charge in [-0.3, -0.25) is 0 Å². The van der Waals surface area contributed by atoms with Gasteiger partial charge in [0.15, 0.2) is 0 Å². The summed E-state index contributed by atoms with van der Waals surface area (Å²) in [4.78, 5) is 0.323. The van der Waals surface area contributed by atoms with Gasteiger partial charge in [-0.15, -0.1) is 0 Å². The highest BCUT2D eigenvalue weighted by molar-refractivity contribution is 7.89. The van der Waals surface area contributed by atoms with Gasteiger partial charge in [0.25, 0.3) is 0 Å². The van der Waals surface area contributed by atoms with E-state index in [0.717, 1.165) is 12.0 Å². The summed E-state index contributed by atoms with van der Waals surface area (Å²) >= 11 is 0. The fourth-order valence-corrected chi connectivity index (χ4v) is 2.69. The average molecular weight is 286 g/mol. The van der Waals surface area contributed by atoms with Gasteiger partial charge in [0.1, 0.15) is 0 Å². The predicted molar refractivity (Wildman–Crippen MR) is 75.8 cm³/mol. The monoisotopic (exact) mass is 286 g/mol. The summed E-state index contributed by atoms with van der Waals surface area (Å²) in [6.45, 7) is 4.27. The summed E-state index contributed by atoms with van der Waals surface area (Å²) in [5.41, 5.74) is 1.01. The molecule has 0 radical (unpaired) electrons. The van der Waals surface area contributed by atoms with Crippen LogP contribution in [0, 0.1) is 0 Å².